The van der Waals surface area contributed by atoms with Crippen LogP contribution in [0.4, 0.5) is 0 Å². The molecule has 1 heterocycles. The standard InChI is InChI=1S/C12H17ClN2OS/c1-2-15(8-10-5-6-11(13)17-10)12(16)7-14-9-3-4-9/h5-6,9,14H,2-4,7-8H2,1H3. The average Bonchev–Trinajstić information content (AvgIpc) is 3.06. The summed E-state index contributed by atoms with van der Waals surface area (Å²) in [6.45, 7) is 3.86. The van der Waals surface area contributed by atoms with Gasteiger partial charge in [-0.2, -0.15) is 0 Å². The second-order valence-corrected chi connectivity index (χ2v) is 6.07. The SMILES string of the molecule is CCN(Cc1ccc(Cl)s1)C(=O)CNC1CC1. The lowest BCUT2D eigenvalue weighted by molar-refractivity contribution is -0.130. The topological polar surface area (TPSA) is 32.3 Å². The van der Waals surface area contributed by atoms with Gasteiger partial charge in [-0.1, -0.05) is 11.6 Å². The molecular weight excluding hydrogens is 256 g/mol. The van der Waals surface area contributed by atoms with Crippen molar-refractivity contribution in [2.75, 3.05) is 13.1 Å². The third-order valence-corrected chi connectivity index (χ3v) is 4.05. The van der Waals surface area contributed by atoms with E-state index in [-0.39, 0.29) is 5.91 Å². The monoisotopic (exact) mass is 272 g/mol. The largest absolute Gasteiger partial charge is 0.337 e. The summed E-state index contributed by atoms with van der Waals surface area (Å²) in [6.07, 6.45) is 2.42. The molecule has 17 heavy (non-hydrogen) atoms. The van der Waals surface area contributed by atoms with Crippen molar-refractivity contribution in [3.63, 3.8) is 0 Å². The van der Waals surface area contributed by atoms with Gasteiger partial charge in [-0.25, -0.2) is 0 Å². The molecule has 0 atom stereocenters. The maximum absolute atomic E-state index is 12.0. The van der Waals surface area contributed by atoms with Gasteiger partial charge >= 0.3 is 0 Å². The Bertz CT molecular complexity index is 390. The number of rotatable bonds is 6. The van der Waals surface area contributed by atoms with Crippen LogP contribution in [-0.4, -0.2) is 29.9 Å². The summed E-state index contributed by atoms with van der Waals surface area (Å²) in [5.74, 6) is 0.170. The molecule has 94 valence electrons. The van der Waals surface area contributed by atoms with Crippen LogP contribution in [0.15, 0.2) is 12.1 Å². The normalized spacial score (nSPS) is 14.9. The van der Waals surface area contributed by atoms with Crippen molar-refractivity contribution in [1.82, 2.24) is 10.2 Å². The fourth-order valence-corrected chi connectivity index (χ4v) is 2.74. The number of carbonyl (C=O) groups excluding carboxylic acids is 1. The van der Waals surface area contributed by atoms with Gasteiger partial charge in [-0.05, 0) is 31.9 Å². The summed E-state index contributed by atoms with van der Waals surface area (Å²) in [5, 5.41) is 3.25. The Morgan fingerprint density at radius 2 is 2.35 bits per heavy atom. The van der Waals surface area contributed by atoms with Crippen molar-refractivity contribution in [3.8, 4) is 0 Å². The molecule has 1 aliphatic rings. The molecule has 1 aromatic heterocycles. The first-order valence-electron chi connectivity index (χ1n) is 5.94. The molecule has 1 amide bonds. The van der Waals surface area contributed by atoms with E-state index >= 15 is 0 Å². The van der Waals surface area contributed by atoms with Gasteiger partial charge in [0.1, 0.15) is 0 Å². The van der Waals surface area contributed by atoms with Gasteiger partial charge in [0.25, 0.3) is 0 Å². The zero-order chi connectivity index (χ0) is 12.3. The Morgan fingerprint density at radius 1 is 1.59 bits per heavy atom. The number of thiophene rings is 1. The van der Waals surface area contributed by atoms with Crippen LogP contribution in [-0.2, 0) is 11.3 Å². The minimum Gasteiger partial charge on any atom is -0.337 e. The number of nitrogens with one attached hydrogen (secondary N) is 1. The number of likely N-dealkylation sites (N-methyl/N-ethyl adjacent to an activating group) is 1. The zero-order valence-electron chi connectivity index (χ0n) is 9.91. The van der Waals surface area contributed by atoms with Gasteiger partial charge in [0.05, 0.1) is 17.4 Å². The quantitative estimate of drug-likeness (QED) is 0.863. The summed E-state index contributed by atoms with van der Waals surface area (Å²) < 4.78 is 0.777. The average molecular weight is 273 g/mol. The number of hydrogen-bond acceptors (Lipinski definition) is 3. The van der Waals surface area contributed by atoms with Crippen molar-refractivity contribution in [1.29, 1.82) is 0 Å². The van der Waals surface area contributed by atoms with E-state index in [2.05, 4.69) is 5.32 Å². The van der Waals surface area contributed by atoms with Crippen LogP contribution in [0, 0.1) is 0 Å². The molecule has 0 unspecified atom stereocenters. The van der Waals surface area contributed by atoms with Gasteiger partial charge in [0, 0.05) is 17.5 Å². The molecule has 1 aliphatic carbocycles. The molecule has 2 rings (SSSR count). The summed E-state index contributed by atoms with van der Waals surface area (Å²) in [6, 6.07) is 4.44. The van der Waals surface area contributed by atoms with Crippen molar-refractivity contribution >= 4 is 28.8 Å². The predicted octanol–water partition coefficient (Wildman–Crippen LogP) is 2.50. The fraction of sp³-hybridized carbons (Fsp3) is 0.583. The van der Waals surface area contributed by atoms with Gasteiger partial charge < -0.3 is 10.2 Å². The van der Waals surface area contributed by atoms with Crippen molar-refractivity contribution in [2.24, 2.45) is 0 Å². The molecular formula is C12H17ClN2OS. The lowest BCUT2D eigenvalue weighted by Gasteiger charge is -2.20. The number of hydrogen-bond donors (Lipinski definition) is 1. The molecule has 5 heteroatoms. The first-order chi connectivity index (χ1) is 8.19. The first kappa shape index (κ1) is 12.9. The molecule has 0 aliphatic heterocycles. The third-order valence-electron chi connectivity index (χ3n) is 2.83. The van der Waals surface area contributed by atoms with E-state index in [1.54, 1.807) is 0 Å². The fourth-order valence-electron chi connectivity index (χ4n) is 1.63. The number of nitrogens with zero attached hydrogens (tertiary/aromatic N) is 1. The van der Waals surface area contributed by atoms with Crippen molar-refractivity contribution in [3.05, 3.63) is 21.3 Å². The van der Waals surface area contributed by atoms with E-state index < -0.39 is 0 Å². The Labute approximate surface area is 111 Å². The zero-order valence-corrected chi connectivity index (χ0v) is 11.5. The summed E-state index contributed by atoms with van der Waals surface area (Å²) in [7, 11) is 0. The summed E-state index contributed by atoms with van der Waals surface area (Å²) in [5.41, 5.74) is 0. The van der Waals surface area contributed by atoms with Crippen molar-refractivity contribution in [2.45, 2.75) is 32.4 Å². The van der Waals surface area contributed by atoms with Crippen LogP contribution < -0.4 is 5.32 Å². The van der Waals surface area contributed by atoms with E-state index in [0.29, 0.717) is 19.1 Å². The van der Waals surface area contributed by atoms with E-state index in [0.717, 1.165) is 15.8 Å². The second-order valence-electron chi connectivity index (χ2n) is 4.27. The number of halogens is 1. The molecule has 0 spiro atoms. The molecule has 1 N–H and O–H groups in total. The molecule has 1 aromatic rings. The van der Waals surface area contributed by atoms with E-state index in [1.165, 1.54) is 24.2 Å². The Balaban J connectivity index is 1.83. The molecule has 0 saturated heterocycles. The highest BCUT2D eigenvalue weighted by Crippen LogP contribution is 2.23. The molecule has 0 aromatic carbocycles. The van der Waals surface area contributed by atoms with Gasteiger partial charge in [0.2, 0.25) is 5.91 Å². The Hall–Kier alpha value is -0.580. The van der Waals surface area contributed by atoms with Crippen molar-refractivity contribution < 1.29 is 4.79 Å². The lowest BCUT2D eigenvalue weighted by Crippen LogP contribution is -2.38. The first-order valence-corrected chi connectivity index (χ1v) is 7.14. The van der Waals surface area contributed by atoms with Crippen LogP contribution >= 0.6 is 22.9 Å². The van der Waals surface area contributed by atoms with E-state index in [4.69, 9.17) is 11.6 Å². The predicted molar refractivity (Wildman–Crippen MR) is 71.4 cm³/mol. The smallest absolute Gasteiger partial charge is 0.236 e. The van der Waals surface area contributed by atoms with Gasteiger partial charge in [-0.15, -0.1) is 11.3 Å². The third kappa shape index (κ3) is 3.98. The van der Waals surface area contributed by atoms with Gasteiger partial charge in [0.15, 0.2) is 0 Å². The number of carbonyl (C=O) groups is 1. The molecule has 0 bridgehead atoms. The lowest BCUT2D eigenvalue weighted by atomic mass is 10.4. The van der Waals surface area contributed by atoms with Crippen LogP contribution in [0.3, 0.4) is 0 Å². The molecule has 1 fully saturated rings. The molecule has 3 nitrogen and oxygen atoms in total. The minimum atomic E-state index is 0.170. The highest BCUT2D eigenvalue weighted by Gasteiger charge is 2.22. The summed E-state index contributed by atoms with van der Waals surface area (Å²) in [4.78, 5) is 14.9. The maximum atomic E-state index is 12.0. The number of amides is 1. The van der Waals surface area contributed by atoms with Gasteiger partial charge in [-0.3, -0.25) is 4.79 Å². The Morgan fingerprint density at radius 3 is 2.88 bits per heavy atom. The highest BCUT2D eigenvalue weighted by molar-refractivity contribution is 7.16. The maximum Gasteiger partial charge on any atom is 0.236 e. The van der Waals surface area contributed by atoms with Crippen LogP contribution in [0.1, 0.15) is 24.6 Å². The minimum absolute atomic E-state index is 0.170. The summed E-state index contributed by atoms with van der Waals surface area (Å²) >= 11 is 7.42. The van der Waals surface area contributed by atoms with Crippen LogP contribution in [0.25, 0.3) is 0 Å². The highest BCUT2D eigenvalue weighted by atomic mass is 35.5. The van der Waals surface area contributed by atoms with E-state index in [1.807, 2.05) is 24.0 Å². The van der Waals surface area contributed by atoms with Crippen LogP contribution in [0.5, 0.6) is 0 Å². The second kappa shape index (κ2) is 5.85. The molecule has 0 radical (unpaired) electrons. The van der Waals surface area contributed by atoms with E-state index in [9.17, 15) is 4.79 Å². The Kier molecular flexibility index (Phi) is 4.42. The van der Waals surface area contributed by atoms with Crippen LogP contribution in [0.2, 0.25) is 4.34 Å². The molecule has 1 saturated carbocycles.